The lowest BCUT2D eigenvalue weighted by atomic mass is 9.89. The molecule has 0 spiro atoms. The quantitative estimate of drug-likeness (QED) is 0.375. The summed E-state index contributed by atoms with van der Waals surface area (Å²) in [7, 11) is -1.67. The Hall–Kier alpha value is -2.02. The monoisotopic (exact) mass is 502 g/mol. The summed E-state index contributed by atoms with van der Waals surface area (Å²) in [5.74, 6) is 1.61. The van der Waals surface area contributed by atoms with E-state index >= 15 is 0 Å². The Labute approximate surface area is 209 Å². The molecule has 2 heterocycles. The molecule has 0 atom stereocenters. The van der Waals surface area contributed by atoms with E-state index in [9.17, 15) is 8.42 Å². The van der Waals surface area contributed by atoms with Gasteiger partial charge in [-0.1, -0.05) is 37.5 Å². The first-order valence-electron chi connectivity index (χ1n) is 12.3. The number of likely N-dealkylation sites (tertiary alicyclic amines) is 1. The van der Waals surface area contributed by atoms with Crippen molar-refractivity contribution in [3.8, 4) is 5.75 Å². The number of nitrogens with zero attached hydrogens (tertiary/aromatic N) is 2. The summed E-state index contributed by atoms with van der Waals surface area (Å²) in [4.78, 5) is 2.56. The van der Waals surface area contributed by atoms with Crippen molar-refractivity contribution >= 4 is 33.4 Å². The van der Waals surface area contributed by atoms with Gasteiger partial charge >= 0.3 is 10.1 Å². The van der Waals surface area contributed by atoms with Gasteiger partial charge in [0.2, 0.25) is 0 Å². The summed E-state index contributed by atoms with van der Waals surface area (Å²) < 4.78 is 33.6. The molecule has 1 saturated carbocycles. The second-order valence-electron chi connectivity index (χ2n) is 9.85. The summed E-state index contributed by atoms with van der Waals surface area (Å²) in [6.07, 6.45) is 11.3. The minimum absolute atomic E-state index is 0. The molecule has 184 valence electrons. The number of piperidine rings is 1. The fraction of sp³-hybridized carbons (Fsp3) is 0.481. The van der Waals surface area contributed by atoms with Crippen molar-refractivity contribution in [2.24, 2.45) is 5.92 Å². The fourth-order valence-electron chi connectivity index (χ4n) is 5.56. The maximum absolute atomic E-state index is 12.8. The van der Waals surface area contributed by atoms with Gasteiger partial charge in [-0.15, -0.1) is 12.4 Å². The number of fused-ring (bicyclic) bond motifs is 1. The molecule has 1 aliphatic carbocycles. The lowest BCUT2D eigenvalue weighted by molar-refractivity contribution is 0.255. The normalized spacial score (nSPS) is 18.6. The number of rotatable bonds is 6. The van der Waals surface area contributed by atoms with Crippen LogP contribution in [0, 0.1) is 5.92 Å². The zero-order valence-corrected chi connectivity index (χ0v) is 21.5. The molecule has 0 amide bonds. The second-order valence-corrected chi connectivity index (χ2v) is 11.4. The molecule has 5 nitrogen and oxygen atoms in total. The van der Waals surface area contributed by atoms with E-state index in [0.717, 1.165) is 43.8 Å². The van der Waals surface area contributed by atoms with Crippen molar-refractivity contribution in [1.82, 2.24) is 9.47 Å². The van der Waals surface area contributed by atoms with E-state index in [1.54, 1.807) is 36.4 Å². The number of hydrogen-bond donors (Lipinski definition) is 0. The zero-order chi connectivity index (χ0) is 22.8. The molecule has 7 heteroatoms. The van der Waals surface area contributed by atoms with E-state index in [0.29, 0.717) is 11.7 Å². The molecule has 2 aliphatic rings. The van der Waals surface area contributed by atoms with Gasteiger partial charge in [0.05, 0.1) is 0 Å². The van der Waals surface area contributed by atoms with Crippen molar-refractivity contribution in [1.29, 1.82) is 0 Å². The molecule has 2 fully saturated rings. The molecule has 5 rings (SSSR count). The van der Waals surface area contributed by atoms with Gasteiger partial charge in [0.15, 0.2) is 0 Å². The number of aromatic nitrogens is 1. The van der Waals surface area contributed by atoms with Crippen LogP contribution in [0.4, 0.5) is 0 Å². The topological polar surface area (TPSA) is 51.5 Å². The molecule has 1 saturated heterocycles. The molecule has 3 aromatic rings. The van der Waals surface area contributed by atoms with Crippen LogP contribution >= 0.6 is 12.4 Å². The van der Waals surface area contributed by atoms with E-state index in [1.165, 1.54) is 43.2 Å². The Balaban J connectivity index is 0.00000274. The van der Waals surface area contributed by atoms with Gasteiger partial charge in [0.25, 0.3) is 0 Å². The summed E-state index contributed by atoms with van der Waals surface area (Å²) in [5, 5.41) is 1.14. The van der Waals surface area contributed by atoms with E-state index in [4.69, 9.17) is 4.18 Å². The first-order chi connectivity index (χ1) is 16.0. The predicted molar refractivity (Wildman–Crippen MR) is 139 cm³/mol. The minimum atomic E-state index is -3.86. The minimum Gasteiger partial charge on any atom is -0.379 e. The second kappa shape index (κ2) is 10.7. The maximum Gasteiger partial charge on any atom is 0.339 e. The Bertz CT molecular complexity index is 1200. The van der Waals surface area contributed by atoms with Crippen LogP contribution < -0.4 is 4.18 Å². The van der Waals surface area contributed by atoms with Crippen LogP contribution in [0.15, 0.2) is 59.6 Å². The summed E-state index contributed by atoms with van der Waals surface area (Å²) in [6.45, 7) is 3.24. The molecule has 1 aliphatic heterocycles. The predicted octanol–water partition coefficient (Wildman–Crippen LogP) is 6.22. The third-order valence-electron chi connectivity index (χ3n) is 7.46. The molecular weight excluding hydrogens is 468 g/mol. The van der Waals surface area contributed by atoms with Crippen molar-refractivity contribution in [2.75, 3.05) is 20.1 Å². The highest BCUT2D eigenvalue weighted by Crippen LogP contribution is 2.37. The van der Waals surface area contributed by atoms with Crippen LogP contribution in [-0.4, -0.2) is 38.0 Å². The average molecular weight is 503 g/mol. The summed E-state index contributed by atoms with van der Waals surface area (Å²) in [6, 6.07) is 14.2. The van der Waals surface area contributed by atoms with Gasteiger partial charge < -0.3 is 13.7 Å². The molecule has 0 N–H and O–H groups in total. The van der Waals surface area contributed by atoms with Gasteiger partial charge in [-0.2, -0.15) is 8.42 Å². The van der Waals surface area contributed by atoms with Crippen LogP contribution in [0.1, 0.15) is 56.4 Å². The summed E-state index contributed by atoms with van der Waals surface area (Å²) >= 11 is 0. The number of benzene rings is 2. The lowest BCUT2D eigenvalue weighted by Gasteiger charge is -2.28. The standard InChI is InChI=1S/C27H34N2O3S.ClH/c1-28-16-14-22(15-17-28)26-20-29(19-21-8-4-2-5-9-21)27-13-12-23(18-25(26)27)32-33(30,31)24-10-6-3-7-11-24;/h3,6-7,10-13,18,20-22H,2,4-5,8-9,14-17,19H2,1H3;1H. The Morgan fingerprint density at radius 1 is 0.941 bits per heavy atom. The Morgan fingerprint density at radius 3 is 2.35 bits per heavy atom. The molecule has 2 aromatic carbocycles. The molecule has 0 radical (unpaired) electrons. The number of halogens is 1. The molecule has 0 unspecified atom stereocenters. The van der Waals surface area contributed by atoms with Gasteiger partial charge in [-0.3, -0.25) is 0 Å². The van der Waals surface area contributed by atoms with Crippen LogP contribution in [0.5, 0.6) is 5.75 Å². The van der Waals surface area contributed by atoms with E-state index in [2.05, 4.69) is 22.7 Å². The van der Waals surface area contributed by atoms with Crippen LogP contribution in [0.3, 0.4) is 0 Å². The maximum atomic E-state index is 12.8. The third kappa shape index (κ3) is 5.45. The molecular formula is C27H35ClN2O3S. The van der Waals surface area contributed by atoms with Crippen molar-refractivity contribution < 1.29 is 12.6 Å². The van der Waals surface area contributed by atoms with Crippen LogP contribution in [0.25, 0.3) is 10.9 Å². The van der Waals surface area contributed by atoms with E-state index < -0.39 is 10.1 Å². The highest BCUT2D eigenvalue weighted by Gasteiger charge is 2.25. The fourth-order valence-corrected chi connectivity index (χ4v) is 6.51. The Morgan fingerprint density at radius 2 is 1.65 bits per heavy atom. The smallest absolute Gasteiger partial charge is 0.339 e. The van der Waals surface area contributed by atoms with Gasteiger partial charge in [-0.05, 0) is 93.6 Å². The van der Waals surface area contributed by atoms with Gasteiger partial charge in [0.1, 0.15) is 10.6 Å². The van der Waals surface area contributed by atoms with E-state index in [1.807, 2.05) is 12.1 Å². The van der Waals surface area contributed by atoms with Crippen LogP contribution in [0.2, 0.25) is 0 Å². The van der Waals surface area contributed by atoms with E-state index in [-0.39, 0.29) is 17.3 Å². The van der Waals surface area contributed by atoms with Crippen molar-refractivity contribution in [2.45, 2.75) is 62.3 Å². The van der Waals surface area contributed by atoms with Crippen LogP contribution in [-0.2, 0) is 16.7 Å². The Kier molecular flexibility index (Phi) is 7.90. The van der Waals surface area contributed by atoms with Crippen molar-refractivity contribution in [3.05, 3.63) is 60.3 Å². The van der Waals surface area contributed by atoms with Gasteiger partial charge in [-0.25, -0.2) is 0 Å². The first-order valence-corrected chi connectivity index (χ1v) is 13.7. The SMILES string of the molecule is CN1CCC(c2cn(CC3CCCCC3)c3ccc(OS(=O)(=O)c4ccccc4)cc23)CC1.Cl. The van der Waals surface area contributed by atoms with Gasteiger partial charge in [0, 0.05) is 23.6 Å². The average Bonchev–Trinajstić information content (AvgIpc) is 3.18. The first kappa shape index (κ1) is 25.1. The molecule has 0 bridgehead atoms. The highest BCUT2D eigenvalue weighted by atomic mass is 35.5. The lowest BCUT2D eigenvalue weighted by Crippen LogP contribution is -2.29. The summed E-state index contributed by atoms with van der Waals surface area (Å²) in [5.41, 5.74) is 2.54. The highest BCUT2D eigenvalue weighted by molar-refractivity contribution is 7.87. The third-order valence-corrected chi connectivity index (χ3v) is 8.72. The molecule has 34 heavy (non-hydrogen) atoms. The number of hydrogen-bond acceptors (Lipinski definition) is 4. The molecule has 1 aromatic heterocycles. The van der Waals surface area contributed by atoms with Crippen molar-refractivity contribution in [3.63, 3.8) is 0 Å². The zero-order valence-electron chi connectivity index (χ0n) is 19.9. The largest absolute Gasteiger partial charge is 0.379 e.